The Balaban J connectivity index is 3.33. The molecule has 1 unspecified atom stereocenters. The van der Waals surface area contributed by atoms with Crippen molar-refractivity contribution in [3.63, 3.8) is 0 Å². The van der Waals surface area contributed by atoms with Crippen LogP contribution in [-0.4, -0.2) is 6.04 Å². The Hall–Kier alpha value is -0.460. The van der Waals surface area contributed by atoms with Crippen molar-refractivity contribution in [3.8, 4) is 0 Å². The summed E-state index contributed by atoms with van der Waals surface area (Å²) in [5, 5.41) is 3.28. The van der Waals surface area contributed by atoms with Crippen molar-refractivity contribution in [3.05, 3.63) is 12.3 Å². The highest BCUT2D eigenvalue weighted by Gasteiger charge is 1.90. The van der Waals surface area contributed by atoms with Gasteiger partial charge in [0, 0.05) is 6.04 Å². The second kappa shape index (κ2) is 5.33. The average Bonchev–Trinajstić information content (AvgIpc) is 1.87. The summed E-state index contributed by atoms with van der Waals surface area (Å²) in [4.78, 5) is 0. The van der Waals surface area contributed by atoms with Crippen molar-refractivity contribution < 1.29 is 0 Å². The fraction of sp³-hybridized carbons (Fsp3) is 0.778. The summed E-state index contributed by atoms with van der Waals surface area (Å²) in [6.07, 6.45) is 5.41. The van der Waals surface area contributed by atoms with E-state index in [4.69, 9.17) is 0 Å². The highest BCUT2D eigenvalue weighted by Crippen LogP contribution is 1.93. The first kappa shape index (κ1) is 9.54. The molecule has 1 atom stereocenters. The Bertz CT molecular complexity index is 94.9. The highest BCUT2D eigenvalue weighted by atomic mass is 14.9. The van der Waals surface area contributed by atoms with Crippen molar-refractivity contribution in [2.75, 3.05) is 0 Å². The molecule has 0 saturated carbocycles. The third kappa shape index (κ3) is 5.67. The normalized spacial score (nSPS) is 14.5. The number of hydrogen-bond donors (Lipinski definition) is 1. The van der Waals surface area contributed by atoms with E-state index in [1.807, 2.05) is 0 Å². The smallest absolute Gasteiger partial charge is 0.0224 e. The van der Waals surface area contributed by atoms with Crippen molar-refractivity contribution in [2.45, 2.75) is 40.2 Å². The zero-order valence-electron chi connectivity index (χ0n) is 7.52. The van der Waals surface area contributed by atoms with Crippen molar-refractivity contribution in [1.29, 1.82) is 0 Å². The van der Waals surface area contributed by atoms with Gasteiger partial charge >= 0.3 is 0 Å². The lowest BCUT2D eigenvalue weighted by Gasteiger charge is -2.07. The summed E-state index contributed by atoms with van der Waals surface area (Å²) < 4.78 is 0. The minimum atomic E-state index is 0.606. The molecule has 0 aliphatic heterocycles. The lowest BCUT2D eigenvalue weighted by atomic mass is 10.2. The van der Waals surface area contributed by atoms with Crippen LogP contribution in [0.3, 0.4) is 0 Å². The van der Waals surface area contributed by atoms with Gasteiger partial charge in [0.1, 0.15) is 0 Å². The SMILES string of the molecule is CCC(C)NC=CC(C)C. The molecule has 0 aromatic carbocycles. The van der Waals surface area contributed by atoms with Crippen LogP contribution in [0.4, 0.5) is 0 Å². The van der Waals surface area contributed by atoms with E-state index >= 15 is 0 Å². The number of nitrogens with one attached hydrogen (secondary N) is 1. The standard InChI is InChI=1S/C9H19N/c1-5-9(4)10-7-6-8(2)3/h6-10H,5H2,1-4H3. The van der Waals surface area contributed by atoms with Crippen molar-refractivity contribution in [2.24, 2.45) is 5.92 Å². The van der Waals surface area contributed by atoms with Crippen molar-refractivity contribution in [1.82, 2.24) is 5.32 Å². The molecule has 0 fully saturated rings. The lowest BCUT2D eigenvalue weighted by Crippen LogP contribution is -2.18. The maximum absolute atomic E-state index is 3.28. The van der Waals surface area contributed by atoms with E-state index in [-0.39, 0.29) is 0 Å². The van der Waals surface area contributed by atoms with Gasteiger partial charge in [-0.15, -0.1) is 0 Å². The number of hydrogen-bond acceptors (Lipinski definition) is 1. The third-order valence-corrected chi connectivity index (χ3v) is 1.47. The summed E-state index contributed by atoms with van der Waals surface area (Å²) in [5.74, 6) is 0.650. The Labute approximate surface area is 64.5 Å². The molecule has 60 valence electrons. The van der Waals surface area contributed by atoms with E-state index in [1.54, 1.807) is 0 Å². The lowest BCUT2D eigenvalue weighted by molar-refractivity contribution is 0.615. The van der Waals surface area contributed by atoms with Crippen LogP contribution in [0.15, 0.2) is 12.3 Å². The Kier molecular flexibility index (Phi) is 5.09. The molecule has 0 amide bonds. The predicted octanol–water partition coefficient (Wildman–Crippen LogP) is 2.54. The fourth-order valence-electron chi connectivity index (χ4n) is 0.530. The molecule has 1 nitrogen and oxygen atoms in total. The third-order valence-electron chi connectivity index (χ3n) is 1.47. The second-order valence-corrected chi connectivity index (χ2v) is 3.08. The quantitative estimate of drug-likeness (QED) is 0.634. The van der Waals surface area contributed by atoms with Gasteiger partial charge in [0.25, 0.3) is 0 Å². The molecule has 0 heterocycles. The molecule has 0 aliphatic rings. The second-order valence-electron chi connectivity index (χ2n) is 3.08. The summed E-state index contributed by atoms with van der Waals surface area (Å²) >= 11 is 0. The van der Waals surface area contributed by atoms with E-state index < -0.39 is 0 Å². The maximum Gasteiger partial charge on any atom is 0.0224 e. The van der Waals surface area contributed by atoms with Crippen LogP contribution in [0.1, 0.15) is 34.1 Å². The Morgan fingerprint density at radius 3 is 2.30 bits per heavy atom. The molecule has 0 saturated heterocycles. The van der Waals surface area contributed by atoms with Crippen LogP contribution in [0.5, 0.6) is 0 Å². The first-order chi connectivity index (χ1) is 4.66. The molecule has 0 spiro atoms. The van der Waals surface area contributed by atoms with Gasteiger partial charge in [0.15, 0.2) is 0 Å². The monoisotopic (exact) mass is 141 g/mol. The highest BCUT2D eigenvalue weighted by molar-refractivity contribution is 4.83. The molecule has 0 aliphatic carbocycles. The van der Waals surface area contributed by atoms with Gasteiger partial charge in [-0.25, -0.2) is 0 Å². The molecule has 0 aromatic rings. The van der Waals surface area contributed by atoms with Crippen molar-refractivity contribution >= 4 is 0 Å². The molecule has 0 rings (SSSR count). The van der Waals surface area contributed by atoms with Gasteiger partial charge in [0.2, 0.25) is 0 Å². The number of allylic oxidation sites excluding steroid dienone is 1. The number of rotatable bonds is 4. The van der Waals surface area contributed by atoms with Crippen LogP contribution in [0.25, 0.3) is 0 Å². The van der Waals surface area contributed by atoms with Crippen LogP contribution in [0.2, 0.25) is 0 Å². The maximum atomic E-state index is 3.28. The summed E-state index contributed by atoms with van der Waals surface area (Å²) in [6, 6.07) is 0.606. The molecular formula is C9H19N. The van der Waals surface area contributed by atoms with Gasteiger partial charge in [-0.3, -0.25) is 0 Å². The largest absolute Gasteiger partial charge is 0.389 e. The first-order valence-corrected chi connectivity index (χ1v) is 4.09. The van der Waals surface area contributed by atoms with Crippen LogP contribution in [0, 0.1) is 5.92 Å². The average molecular weight is 141 g/mol. The van der Waals surface area contributed by atoms with E-state index in [2.05, 4.69) is 45.3 Å². The molecule has 0 aromatic heterocycles. The first-order valence-electron chi connectivity index (χ1n) is 4.09. The predicted molar refractivity (Wildman–Crippen MR) is 46.9 cm³/mol. The minimum Gasteiger partial charge on any atom is -0.389 e. The fourth-order valence-corrected chi connectivity index (χ4v) is 0.530. The van der Waals surface area contributed by atoms with E-state index in [0.717, 1.165) is 0 Å². The molecule has 10 heavy (non-hydrogen) atoms. The van der Waals surface area contributed by atoms with E-state index in [9.17, 15) is 0 Å². The Morgan fingerprint density at radius 2 is 1.90 bits per heavy atom. The zero-order valence-corrected chi connectivity index (χ0v) is 7.52. The summed E-state index contributed by atoms with van der Waals surface area (Å²) in [6.45, 7) is 8.72. The zero-order chi connectivity index (χ0) is 7.98. The van der Waals surface area contributed by atoms with Crippen LogP contribution < -0.4 is 5.32 Å². The van der Waals surface area contributed by atoms with Gasteiger partial charge in [-0.2, -0.15) is 0 Å². The topological polar surface area (TPSA) is 12.0 Å². The molecule has 1 heteroatoms. The molecule has 1 N–H and O–H groups in total. The van der Waals surface area contributed by atoms with E-state index in [0.29, 0.717) is 12.0 Å². The molecular weight excluding hydrogens is 122 g/mol. The van der Waals surface area contributed by atoms with E-state index in [1.165, 1.54) is 6.42 Å². The summed E-state index contributed by atoms with van der Waals surface area (Å²) in [7, 11) is 0. The van der Waals surface area contributed by atoms with Gasteiger partial charge in [0.05, 0.1) is 0 Å². The Morgan fingerprint density at radius 1 is 1.30 bits per heavy atom. The van der Waals surface area contributed by atoms with Crippen LogP contribution >= 0.6 is 0 Å². The van der Waals surface area contributed by atoms with Gasteiger partial charge in [-0.05, 0) is 25.5 Å². The summed E-state index contributed by atoms with van der Waals surface area (Å²) in [5.41, 5.74) is 0. The minimum absolute atomic E-state index is 0.606. The van der Waals surface area contributed by atoms with Gasteiger partial charge < -0.3 is 5.32 Å². The van der Waals surface area contributed by atoms with Crippen LogP contribution in [-0.2, 0) is 0 Å². The molecule has 0 bridgehead atoms. The van der Waals surface area contributed by atoms with Gasteiger partial charge in [-0.1, -0.05) is 26.8 Å². The molecule has 0 radical (unpaired) electrons.